The van der Waals surface area contributed by atoms with Crippen molar-refractivity contribution < 1.29 is 30.2 Å². The molecule has 0 amide bonds. The third-order valence-corrected chi connectivity index (χ3v) is 22.5. The van der Waals surface area contributed by atoms with Gasteiger partial charge in [-0.1, -0.05) is 352 Å². The molecule has 120 heavy (non-hydrogen) atoms. The van der Waals surface area contributed by atoms with Crippen molar-refractivity contribution in [2.75, 3.05) is 0 Å². The molecule has 0 spiro atoms. The summed E-state index contributed by atoms with van der Waals surface area (Å²) in [6.45, 7) is 18.1. The van der Waals surface area contributed by atoms with E-state index in [4.69, 9.17) is 20.4 Å². The van der Waals surface area contributed by atoms with Crippen molar-refractivity contribution in [1.82, 2.24) is 29.5 Å². The van der Waals surface area contributed by atoms with E-state index in [1.807, 2.05) is 78.9 Å². The first-order valence-corrected chi connectivity index (χ1v) is 41.6. The summed E-state index contributed by atoms with van der Waals surface area (Å²) in [5.41, 5.74) is 29.7. The smallest absolute Gasteiger partial charge is 0.423 e. The van der Waals surface area contributed by atoms with Gasteiger partial charge in [0.2, 0.25) is 0 Å². The van der Waals surface area contributed by atoms with Gasteiger partial charge < -0.3 is 14.6 Å². The van der Waals surface area contributed by atoms with E-state index >= 15 is 0 Å². The Morgan fingerprint density at radius 2 is 0.550 bits per heavy atom. The molecular formula is C110H100BIrN6O2-. The molecular weight excluding hydrogens is 1640 g/mol. The van der Waals surface area contributed by atoms with Gasteiger partial charge in [0.25, 0.3) is 0 Å². The summed E-state index contributed by atoms with van der Waals surface area (Å²) in [7, 11) is -1.48. The minimum absolute atomic E-state index is 0. The molecule has 0 aliphatic carbocycles. The zero-order valence-electron chi connectivity index (χ0n) is 69.5. The molecule has 8 nitrogen and oxygen atoms in total. The molecule has 0 unspecified atom stereocenters. The number of aryl methyl sites for hydroxylation is 2. The average Bonchev–Trinajstić information content (AvgIpc) is 1.60. The van der Waals surface area contributed by atoms with Crippen molar-refractivity contribution in [2.45, 2.75) is 105 Å². The molecule has 2 aromatic heterocycles. The average molecular weight is 1740 g/mol. The van der Waals surface area contributed by atoms with E-state index in [2.05, 4.69) is 368 Å². The molecule has 0 bridgehead atoms. The van der Waals surface area contributed by atoms with E-state index in [-0.39, 0.29) is 30.9 Å². The Morgan fingerprint density at radius 3 is 0.875 bits per heavy atom. The molecule has 15 aromatic carbocycles. The van der Waals surface area contributed by atoms with Crippen LogP contribution in [0.15, 0.2) is 376 Å². The largest absolute Gasteiger partial charge is 0.488 e. The number of aromatic nitrogens is 6. The Balaban J connectivity index is 0.000000158. The van der Waals surface area contributed by atoms with Gasteiger partial charge in [-0.2, -0.15) is 5.10 Å². The predicted octanol–water partition coefficient (Wildman–Crippen LogP) is 27.3. The van der Waals surface area contributed by atoms with Crippen molar-refractivity contribution in [3.63, 3.8) is 0 Å². The van der Waals surface area contributed by atoms with E-state index in [1.165, 1.54) is 83.5 Å². The fourth-order valence-electron chi connectivity index (χ4n) is 15.9. The number of hydrogen-bond acceptors (Lipinski definition) is 6. The van der Waals surface area contributed by atoms with Crippen LogP contribution in [0.25, 0.3) is 145 Å². The maximum Gasteiger partial charge on any atom is 0.488 e. The Bertz CT molecular complexity index is 5750. The van der Waals surface area contributed by atoms with Gasteiger partial charge >= 0.3 is 7.12 Å². The van der Waals surface area contributed by atoms with Gasteiger partial charge in [0.15, 0.2) is 5.82 Å². The third-order valence-electron chi connectivity index (χ3n) is 22.5. The van der Waals surface area contributed by atoms with Crippen LogP contribution in [0.2, 0.25) is 0 Å². The minimum atomic E-state index is -1.48. The van der Waals surface area contributed by atoms with Crippen molar-refractivity contribution in [2.24, 2.45) is 0 Å². The quantitative estimate of drug-likeness (QED) is 0.0489. The van der Waals surface area contributed by atoms with Crippen LogP contribution in [0.3, 0.4) is 0 Å². The molecule has 2 N–H and O–H groups in total. The van der Waals surface area contributed by atoms with E-state index in [0.29, 0.717) is 5.46 Å². The fourth-order valence-corrected chi connectivity index (χ4v) is 15.9. The summed E-state index contributed by atoms with van der Waals surface area (Å²) in [4.78, 5) is 0. The summed E-state index contributed by atoms with van der Waals surface area (Å²) >= 11 is 0. The molecule has 595 valence electrons. The Morgan fingerprint density at radius 1 is 0.283 bits per heavy atom. The first kappa shape index (κ1) is 83.7. The summed E-state index contributed by atoms with van der Waals surface area (Å²) in [6, 6.07) is 135. The molecule has 0 fully saturated rings. The van der Waals surface area contributed by atoms with Crippen molar-refractivity contribution in [3.05, 3.63) is 405 Å². The molecule has 0 atom stereocenters. The van der Waals surface area contributed by atoms with Crippen LogP contribution in [0, 0.1) is 19.9 Å². The number of benzene rings is 15. The van der Waals surface area contributed by atoms with E-state index in [0.717, 1.165) is 123 Å². The van der Waals surface area contributed by atoms with Crippen LogP contribution in [0.5, 0.6) is 0 Å². The van der Waals surface area contributed by atoms with Gasteiger partial charge in [0.1, 0.15) is 11.6 Å². The maximum absolute atomic E-state index is 9.52. The van der Waals surface area contributed by atoms with E-state index < -0.39 is 7.12 Å². The fraction of sp³-hybridized carbons (Fsp3) is 0.145. The molecule has 2 heterocycles. The molecule has 10 heteroatoms. The molecule has 17 rings (SSSR count). The van der Waals surface area contributed by atoms with Gasteiger partial charge in [-0.25, -0.2) is 0 Å². The Hall–Kier alpha value is -12.8. The van der Waals surface area contributed by atoms with Gasteiger partial charge in [-0.3, -0.25) is 4.57 Å². The number of nitrogens with zero attached hydrogens (tertiary/aromatic N) is 6. The Kier molecular flexibility index (Phi) is 27.0. The molecule has 0 saturated carbocycles. The maximum atomic E-state index is 9.52. The van der Waals surface area contributed by atoms with Gasteiger partial charge in [-0.15, -0.1) is 50.7 Å². The van der Waals surface area contributed by atoms with E-state index in [1.54, 1.807) is 0 Å². The van der Waals surface area contributed by atoms with Crippen molar-refractivity contribution >= 4 is 12.6 Å². The zero-order chi connectivity index (χ0) is 82.2. The topological polar surface area (TPSA) is 102 Å². The van der Waals surface area contributed by atoms with Gasteiger partial charge in [0, 0.05) is 42.2 Å². The van der Waals surface area contributed by atoms with E-state index in [9.17, 15) is 10.0 Å². The van der Waals surface area contributed by atoms with Crippen LogP contribution in [0.1, 0.15) is 103 Å². The van der Waals surface area contributed by atoms with Crippen molar-refractivity contribution in [3.8, 4) is 145 Å². The molecule has 1 radical (unpaired) electrons. The second kappa shape index (κ2) is 38.7. The van der Waals surface area contributed by atoms with Crippen LogP contribution in [-0.4, -0.2) is 46.7 Å². The van der Waals surface area contributed by atoms with Gasteiger partial charge in [0.05, 0.1) is 11.5 Å². The first-order chi connectivity index (χ1) is 58.1. The Labute approximate surface area is 722 Å². The molecule has 17 aromatic rings. The van der Waals surface area contributed by atoms with Crippen molar-refractivity contribution in [1.29, 1.82) is 0 Å². The molecule has 0 saturated heterocycles. The summed E-state index contributed by atoms with van der Waals surface area (Å²) in [5, 5.41) is 38.7. The number of hydrogen-bond donors (Lipinski definition) is 2. The summed E-state index contributed by atoms with van der Waals surface area (Å²) < 4.78 is 4.60. The SMILES string of the molecule is CCCCC(C)(C)c1nnc(-c2[c-]ccc(-c3cc(-c4ccccc4)cc(-c4ccccc4)c3)c2)n1-c1ccc(-c2ccccc2)cc1C.CCCCC(C)(C)c1nnc(-c2cccc(-c3cc(-c4ccccc4)cc(-c4ccccc4)c3)c2)n1-c1ccc(-c2ccccc2)cc1C.OB(O)c1cc(-c2ccccc2)cc(-c2ccccc2)c1.[Ir]. The monoisotopic (exact) mass is 1740 g/mol. The van der Waals surface area contributed by atoms with Crippen LogP contribution in [-0.2, 0) is 30.9 Å². The first-order valence-electron chi connectivity index (χ1n) is 41.6. The zero-order valence-corrected chi connectivity index (χ0v) is 71.9. The number of rotatable bonds is 23. The summed E-state index contributed by atoms with van der Waals surface area (Å²) in [6.07, 6.45) is 6.61. The number of unbranched alkanes of at least 4 members (excludes halogenated alkanes) is 2. The predicted molar refractivity (Wildman–Crippen MR) is 498 cm³/mol. The van der Waals surface area contributed by atoms with Crippen LogP contribution in [0.4, 0.5) is 0 Å². The second-order valence-electron chi connectivity index (χ2n) is 32.2. The standard InChI is InChI=1S/C46H43N3.C46H42N3.C18H15BO2.Ir/c2*1-5-6-27-46(3,4)45-48-47-44(49(45)43-26-25-38(28-33(43)2)34-17-10-7-11-18-34)39-24-16-23-37(29-39)42-31-40(35-19-12-8-13-20-35)30-41(32-42)36-21-14-9-15-22-36;20-19(21)18-12-16(14-7-3-1-4-8-14)11-17(13-18)15-9-5-2-6-10-15;/h7-26,28-32H,5-6,27H2,1-4H3;7-23,25-26,28-32H,5-6,27H2,1-4H3;1-13,20-21H;/q;-1;;. The van der Waals surface area contributed by atoms with Gasteiger partial charge in [-0.05, 0) is 222 Å². The molecule has 0 aliphatic rings. The normalized spacial score (nSPS) is 11.2. The van der Waals surface area contributed by atoms with Crippen LogP contribution < -0.4 is 5.46 Å². The third kappa shape index (κ3) is 19.6. The second-order valence-corrected chi connectivity index (χ2v) is 32.2. The molecule has 0 aliphatic heterocycles. The van der Waals surface area contributed by atoms with Crippen LogP contribution >= 0.6 is 0 Å². The summed E-state index contributed by atoms with van der Waals surface area (Å²) in [5.74, 6) is 3.64. The minimum Gasteiger partial charge on any atom is -0.423 e.